The van der Waals surface area contributed by atoms with E-state index in [0.717, 1.165) is 12.1 Å². The summed E-state index contributed by atoms with van der Waals surface area (Å²) in [7, 11) is 0. The molecule has 1 aliphatic rings. The molecule has 1 N–H and O–H groups in total. The van der Waals surface area contributed by atoms with Crippen molar-refractivity contribution in [2.24, 2.45) is 0 Å². The summed E-state index contributed by atoms with van der Waals surface area (Å²) in [4.78, 5) is 20.8. The van der Waals surface area contributed by atoms with E-state index in [2.05, 4.69) is 10.3 Å². The Morgan fingerprint density at radius 3 is 2.32 bits per heavy atom. The van der Waals surface area contributed by atoms with Gasteiger partial charge in [0.05, 0.1) is 5.56 Å². The molecular weight excluding hydrogens is 617 g/mol. The molecule has 3 aromatic rings. The van der Waals surface area contributed by atoms with Crippen LogP contribution in [0.1, 0.15) is 15.9 Å². The van der Waals surface area contributed by atoms with Crippen molar-refractivity contribution in [3.63, 3.8) is 0 Å². The van der Waals surface area contributed by atoms with Crippen LogP contribution in [-0.2, 0) is 10.9 Å². The molecule has 2 aromatic carbocycles. The third-order valence-electron chi connectivity index (χ3n) is 5.91. The molecule has 4 rings (SSSR count). The summed E-state index contributed by atoms with van der Waals surface area (Å²) >= 11 is -0.244. The van der Waals surface area contributed by atoms with Crippen LogP contribution in [0.4, 0.5) is 43.5 Å². The number of carbonyl (C=O) groups is 1. The number of hydrogen-bond donors (Lipinski definition) is 1. The molecule has 0 bridgehead atoms. The third kappa shape index (κ3) is 10.2. The molecule has 0 amide bonds. The van der Waals surface area contributed by atoms with Gasteiger partial charge in [0.15, 0.2) is 0 Å². The number of thioether (sulfide) groups is 1. The van der Waals surface area contributed by atoms with E-state index in [4.69, 9.17) is 4.74 Å². The van der Waals surface area contributed by atoms with Gasteiger partial charge < -0.3 is 15.0 Å². The van der Waals surface area contributed by atoms with Crippen molar-refractivity contribution in [1.82, 2.24) is 9.88 Å². The first-order valence-electron chi connectivity index (χ1n) is 11.9. The summed E-state index contributed by atoms with van der Waals surface area (Å²) in [6, 6.07) is 13.9. The standard InChI is InChI=1S/C26H24F6N4O2S.2ClH/c27-25(28,29)18-4-1-6-20(16-18)36-12-10-35(11-13-36)14-15-38-24(37)22-8-3-9-33-23(22)34-19-5-2-7-21(17-19)39-26(30,31)32;;/h1-9,16-17H,10-15H2,(H,33,34);2*1H. The highest BCUT2D eigenvalue weighted by Gasteiger charge is 2.31. The minimum absolute atomic E-state index is 0. The van der Waals surface area contributed by atoms with Gasteiger partial charge >= 0.3 is 17.7 Å². The number of nitrogens with zero attached hydrogens (tertiary/aromatic N) is 3. The van der Waals surface area contributed by atoms with Crippen LogP contribution < -0.4 is 10.2 Å². The average Bonchev–Trinajstić information content (AvgIpc) is 2.88. The highest BCUT2D eigenvalue weighted by molar-refractivity contribution is 8.00. The lowest BCUT2D eigenvalue weighted by molar-refractivity contribution is -0.137. The van der Waals surface area contributed by atoms with Gasteiger partial charge in [0.25, 0.3) is 0 Å². The van der Waals surface area contributed by atoms with Crippen LogP contribution in [0, 0.1) is 0 Å². The quantitative estimate of drug-likeness (QED) is 0.157. The molecule has 15 heteroatoms. The second-order valence-corrected chi connectivity index (χ2v) is 9.75. The van der Waals surface area contributed by atoms with Gasteiger partial charge in [0.1, 0.15) is 18.0 Å². The van der Waals surface area contributed by atoms with E-state index in [-0.39, 0.29) is 59.5 Å². The number of halogens is 8. The maximum absolute atomic E-state index is 13.0. The first-order valence-corrected chi connectivity index (χ1v) is 12.7. The van der Waals surface area contributed by atoms with Crippen molar-refractivity contribution in [2.45, 2.75) is 16.6 Å². The SMILES string of the molecule is Cl.Cl.O=C(OCCN1CCN(c2cccc(C(F)(F)F)c2)CC1)c1cccnc1Nc1cccc(SC(F)(F)F)c1. The number of rotatable bonds is 8. The van der Waals surface area contributed by atoms with E-state index in [1.807, 2.05) is 9.80 Å². The van der Waals surface area contributed by atoms with Crippen LogP contribution in [-0.4, -0.2) is 60.7 Å². The van der Waals surface area contributed by atoms with Crippen molar-refractivity contribution in [3.05, 3.63) is 78.0 Å². The van der Waals surface area contributed by atoms with Gasteiger partial charge in [-0.25, -0.2) is 9.78 Å². The molecule has 1 aliphatic heterocycles. The molecule has 6 nitrogen and oxygen atoms in total. The highest BCUT2D eigenvalue weighted by Crippen LogP contribution is 2.38. The number of esters is 1. The second kappa shape index (κ2) is 14.9. The highest BCUT2D eigenvalue weighted by atomic mass is 35.5. The number of hydrogen-bond acceptors (Lipinski definition) is 7. The Kier molecular flexibility index (Phi) is 12.4. The summed E-state index contributed by atoms with van der Waals surface area (Å²) in [5.74, 6) is -0.500. The average molecular weight is 643 g/mol. The number of alkyl halides is 6. The normalized spacial score (nSPS) is 14.0. The lowest BCUT2D eigenvalue weighted by atomic mass is 10.1. The van der Waals surface area contributed by atoms with E-state index in [0.29, 0.717) is 44.1 Å². The number of ether oxygens (including phenoxy) is 1. The van der Waals surface area contributed by atoms with Crippen molar-refractivity contribution < 1.29 is 35.9 Å². The second-order valence-electron chi connectivity index (χ2n) is 8.61. The van der Waals surface area contributed by atoms with Gasteiger partial charge in [-0.15, -0.1) is 24.8 Å². The van der Waals surface area contributed by atoms with E-state index >= 15 is 0 Å². The summed E-state index contributed by atoms with van der Waals surface area (Å²) in [6.07, 6.45) is -2.96. The van der Waals surface area contributed by atoms with Crippen LogP contribution in [0.3, 0.4) is 0 Å². The van der Waals surface area contributed by atoms with Crippen molar-refractivity contribution in [1.29, 1.82) is 0 Å². The Bertz CT molecular complexity index is 1290. The van der Waals surface area contributed by atoms with Gasteiger partial charge in [0.2, 0.25) is 0 Å². The van der Waals surface area contributed by atoms with E-state index < -0.39 is 23.2 Å². The predicted octanol–water partition coefficient (Wildman–Crippen LogP) is 7.28. The summed E-state index contributed by atoms with van der Waals surface area (Å²) in [5, 5.41) is 2.87. The minimum atomic E-state index is -4.43. The first-order chi connectivity index (χ1) is 18.5. The number of benzene rings is 2. The largest absolute Gasteiger partial charge is 0.461 e. The number of aromatic nitrogens is 1. The molecule has 0 radical (unpaired) electrons. The van der Waals surface area contributed by atoms with Crippen molar-refractivity contribution >= 4 is 59.7 Å². The number of piperazine rings is 1. The van der Waals surface area contributed by atoms with E-state index in [1.54, 1.807) is 18.2 Å². The third-order valence-corrected chi connectivity index (χ3v) is 6.63. The smallest absolute Gasteiger partial charge is 0.446 e. The fraction of sp³-hybridized carbons (Fsp3) is 0.308. The number of anilines is 3. The van der Waals surface area contributed by atoms with Crippen molar-refractivity contribution in [2.75, 3.05) is 49.5 Å². The molecular formula is C26H26Cl2F6N4O2S. The lowest BCUT2D eigenvalue weighted by Crippen LogP contribution is -2.47. The molecule has 1 fully saturated rings. The molecule has 2 heterocycles. The lowest BCUT2D eigenvalue weighted by Gasteiger charge is -2.36. The fourth-order valence-electron chi connectivity index (χ4n) is 4.03. The Hall–Kier alpha value is -2.87. The zero-order chi connectivity index (χ0) is 28.0. The topological polar surface area (TPSA) is 57.7 Å². The predicted molar refractivity (Wildman–Crippen MR) is 151 cm³/mol. The Balaban J connectivity index is 0.00000294. The zero-order valence-corrected chi connectivity index (χ0v) is 23.7. The molecule has 41 heavy (non-hydrogen) atoms. The fourth-order valence-corrected chi connectivity index (χ4v) is 4.63. The van der Waals surface area contributed by atoms with Crippen molar-refractivity contribution in [3.8, 4) is 0 Å². The summed E-state index contributed by atoms with van der Waals surface area (Å²) in [5.41, 5.74) is -4.15. The Labute approximate surface area is 249 Å². The summed E-state index contributed by atoms with van der Waals surface area (Å²) < 4.78 is 82.6. The van der Waals surface area contributed by atoms with Gasteiger partial charge in [-0.3, -0.25) is 4.90 Å². The number of pyridine rings is 1. The van der Waals surface area contributed by atoms with Crippen LogP contribution in [0.15, 0.2) is 71.8 Å². The first kappa shape index (κ1) is 34.3. The minimum Gasteiger partial charge on any atom is -0.461 e. The van der Waals surface area contributed by atoms with Crippen LogP contribution in [0.25, 0.3) is 0 Å². The molecule has 0 spiro atoms. The zero-order valence-electron chi connectivity index (χ0n) is 21.2. The maximum atomic E-state index is 13.0. The van der Waals surface area contributed by atoms with Gasteiger partial charge in [-0.1, -0.05) is 12.1 Å². The van der Waals surface area contributed by atoms with Crippen LogP contribution in [0.2, 0.25) is 0 Å². The molecule has 0 unspecified atom stereocenters. The Morgan fingerprint density at radius 2 is 1.63 bits per heavy atom. The molecule has 1 aromatic heterocycles. The monoisotopic (exact) mass is 642 g/mol. The van der Waals surface area contributed by atoms with Gasteiger partial charge in [-0.05, 0) is 60.3 Å². The molecule has 0 saturated carbocycles. The van der Waals surface area contributed by atoms with E-state index in [1.165, 1.54) is 36.5 Å². The van der Waals surface area contributed by atoms with Crippen LogP contribution in [0.5, 0.6) is 0 Å². The number of carbonyl (C=O) groups excluding carboxylic acids is 1. The van der Waals surface area contributed by atoms with Crippen LogP contribution >= 0.6 is 36.6 Å². The maximum Gasteiger partial charge on any atom is 0.446 e. The number of nitrogens with one attached hydrogen (secondary N) is 1. The molecule has 0 atom stereocenters. The molecule has 224 valence electrons. The molecule has 0 aliphatic carbocycles. The van der Waals surface area contributed by atoms with Gasteiger partial charge in [-0.2, -0.15) is 26.3 Å². The Morgan fingerprint density at radius 1 is 0.927 bits per heavy atom. The van der Waals surface area contributed by atoms with Gasteiger partial charge in [0, 0.05) is 55.2 Å². The molecule has 1 saturated heterocycles. The summed E-state index contributed by atoms with van der Waals surface area (Å²) in [6.45, 7) is 2.73. The van der Waals surface area contributed by atoms with E-state index in [9.17, 15) is 31.1 Å².